The number of nitrogens with one attached hydrogen (secondary N) is 2. The molecular weight excluding hydrogens is 262 g/mol. The van der Waals surface area contributed by atoms with Crippen molar-refractivity contribution in [1.29, 1.82) is 0 Å². The SMILES string of the molecule is CC(=O)NCC(=O)Nc1cc(F)c(F)cc1C(=O)O. The summed E-state index contributed by atoms with van der Waals surface area (Å²) in [7, 11) is 0. The predicted octanol–water partition coefficient (Wildman–Crippen LogP) is 0.738. The van der Waals surface area contributed by atoms with Gasteiger partial charge in [0, 0.05) is 13.0 Å². The van der Waals surface area contributed by atoms with E-state index in [9.17, 15) is 23.2 Å². The van der Waals surface area contributed by atoms with Crippen LogP contribution in [0.2, 0.25) is 0 Å². The first-order chi connectivity index (χ1) is 8.81. The summed E-state index contributed by atoms with van der Waals surface area (Å²) in [6.45, 7) is 0.779. The van der Waals surface area contributed by atoms with Crippen molar-refractivity contribution in [3.8, 4) is 0 Å². The molecule has 1 rings (SSSR count). The Hall–Kier alpha value is -2.51. The largest absolute Gasteiger partial charge is 0.478 e. The quantitative estimate of drug-likeness (QED) is 0.753. The standard InChI is InChI=1S/C11H10F2N2O4/c1-5(16)14-4-10(17)15-9-3-8(13)7(12)2-6(9)11(18)19/h2-3H,4H2,1H3,(H,14,16)(H,15,17)(H,18,19). The molecule has 19 heavy (non-hydrogen) atoms. The predicted molar refractivity (Wildman–Crippen MR) is 60.6 cm³/mol. The van der Waals surface area contributed by atoms with Gasteiger partial charge in [-0.15, -0.1) is 0 Å². The van der Waals surface area contributed by atoms with Gasteiger partial charge in [-0.25, -0.2) is 13.6 Å². The van der Waals surface area contributed by atoms with E-state index in [0.29, 0.717) is 12.1 Å². The Bertz CT molecular complexity index is 546. The number of aromatic carboxylic acids is 1. The number of hydrogen-bond donors (Lipinski definition) is 3. The zero-order valence-electron chi connectivity index (χ0n) is 9.79. The smallest absolute Gasteiger partial charge is 0.337 e. The van der Waals surface area contributed by atoms with Crippen molar-refractivity contribution in [2.24, 2.45) is 0 Å². The summed E-state index contributed by atoms with van der Waals surface area (Å²) in [5.74, 6) is -5.37. The second-order valence-electron chi connectivity index (χ2n) is 3.57. The molecule has 0 aromatic heterocycles. The molecule has 3 N–H and O–H groups in total. The topological polar surface area (TPSA) is 95.5 Å². The summed E-state index contributed by atoms with van der Waals surface area (Å²) in [6.07, 6.45) is 0. The summed E-state index contributed by atoms with van der Waals surface area (Å²) < 4.78 is 25.9. The summed E-state index contributed by atoms with van der Waals surface area (Å²) in [5, 5.41) is 13.0. The van der Waals surface area contributed by atoms with E-state index in [-0.39, 0.29) is 5.69 Å². The van der Waals surface area contributed by atoms with E-state index in [1.54, 1.807) is 0 Å². The molecule has 0 bridgehead atoms. The Kier molecular flexibility index (Phi) is 4.51. The highest BCUT2D eigenvalue weighted by Crippen LogP contribution is 2.20. The number of carbonyl (C=O) groups is 3. The number of hydrogen-bond acceptors (Lipinski definition) is 3. The average Bonchev–Trinajstić information content (AvgIpc) is 2.30. The maximum absolute atomic E-state index is 13.0. The van der Waals surface area contributed by atoms with Crippen molar-refractivity contribution in [2.45, 2.75) is 6.92 Å². The molecule has 0 heterocycles. The van der Waals surface area contributed by atoms with Crippen LogP contribution in [0.15, 0.2) is 12.1 Å². The molecule has 1 aromatic rings. The van der Waals surface area contributed by atoms with Crippen molar-refractivity contribution in [3.63, 3.8) is 0 Å². The lowest BCUT2D eigenvalue weighted by atomic mass is 10.1. The molecule has 0 saturated heterocycles. The molecule has 1 aromatic carbocycles. The second kappa shape index (κ2) is 5.89. The van der Waals surface area contributed by atoms with Crippen LogP contribution in [-0.2, 0) is 9.59 Å². The number of rotatable bonds is 4. The van der Waals surface area contributed by atoms with E-state index in [2.05, 4.69) is 10.6 Å². The first-order valence-corrected chi connectivity index (χ1v) is 5.08. The molecule has 0 saturated carbocycles. The van der Waals surface area contributed by atoms with Gasteiger partial charge in [-0.2, -0.15) is 0 Å². The van der Waals surface area contributed by atoms with Crippen LogP contribution in [0.5, 0.6) is 0 Å². The first-order valence-electron chi connectivity index (χ1n) is 5.08. The van der Waals surface area contributed by atoms with Crippen LogP contribution in [-0.4, -0.2) is 29.4 Å². The van der Waals surface area contributed by atoms with Crippen LogP contribution in [0.4, 0.5) is 14.5 Å². The Morgan fingerprint density at radius 2 is 1.79 bits per heavy atom. The van der Waals surface area contributed by atoms with E-state index >= 15 is 0 Å². The molecule has 0 spiro atoms. The molecule has 6 nitrogen and oxygen atoms in total. The molecule has 0 aliphatic rings. The molecule has 0 fully saturated rings. The van der Waals surface area contributed by atoms with Gasteiger partial charge in [-0.05, 0) is 6.07 Å². The highest BCUT2D eigenvalue weighted by Gasteiger charge is 2.17. The molecule has 0 aliphatic heterocycles. The summed E-state index contributed by atoms with van der Waals surface area (Å²) in [6, 6.07) is 1.02. The minimum atomic E-state index is -1.52. The molecule has 0 aliphatic carbocycles. The normalized spacial score (nSPS) is 9.84. The fourth-order valence-electron chi connectivity index (χ4n) is 1.23. The van der Waals surface area contributed by atoms with E-state index in [1.807, 2.05) is 0 Å². The summed E-state index contributed by atoms with van der Waals surface area (Å²) >= 11 is 0. The Morgan fingerprint density at radius 1 is 1.21 bits per heavy atom. The van der Waals surface area contributed by atoms with E-state index in [1.165, 1.54) is 6.92 Å². The lowest BCUT2D eigenvalue weighted by Gasteiger charge is -2.09. The number of anilines is 1. The van der Waals surface area contributed by atoms with E-state index in [0.717, 1.165) is 0 Å². The number of carbonyl (C=O) groups excluding carboxylic acids is 2. The molecule has 0 unspecified atom stereocenters. The third kappa shape index (κ3) is 4.02. The third-order valence-electron chi connectivity index (χ3n) is 2.06. The van der Waals surface area contributed by atoms with Gasteiger partial charge in [0.2, 0.25) is 11.8 Å². The van der Waals surface area contributed by atoms with Crippen molar-refractivity contribution >= 4 is 23.5 Å². The molecule has 2 amide bonds. The zero-order chi connectivity index (χ0) is 14.6. The van der Waals surface area contributed by atoms with Gasteiger partial charge in [-0.1, -0.05) is 0 Å². The van der Waals surface area contributed by atoms with Crippen LogP contribution in [0, 0.1) is 11.6 Å². The van der Waals surface area contributed by atoms with Crippen LogP contribution in [0.1, 0.15) is 17.3 Å². The van der Waals surface area contributed by atoms with Crippen LogP contribution >= 0.6 is 0 Å². The zero-order valence-corrected chi connectivity index (χ0v) is 9.79. The first kappa shape index (κ1) is 14.6. The average molecular weight is 272 g/mol. The Labute approximate surface area is 106 Å². The third-order valence-corrected chi connectivity index (χ3v) is 2.06. The van der Waals surface area contributed by atoms with Crippen LogP contribution < -0.4 is 10.6 Å². The van der Waals surface area contributed by atoms with Crippen molar-refractivity contribution in [1.82, 2.24) is 5.32 Å². The molecular formula is C11H10F2N2O4. The van der Waals surface area contributed by atoms with Gasteiger partial charge in [-0.3, -0.25) is 9.59 Å². The highest BCUT2D eigenvalue weighted by atomic mass is 19.2. The number of amides is 2. The summed E-state index contributed by atoms with van der Waals surface area (Å²) in [4.78, 5) is 32.8. The molecule has 0 atom stereocenters. The monoisotopic (exact) mass is 272 g/mol. The van der Waals surface area contributed by atoms with Crippen LogP contribution in [0.25, 0.3) is 0 Å². The lowest BCUT2D eigenvalue weighted by Crippen LogP contribution is -2.31. The van der Waals surface area contributed by atoms with Gasteiger partial charge >= 0.3 is 5.97 Å². The fraction of sp³-hybridized carbons (Fsp3) is 0.182. The van der Waals surface area contributed by atoms with Crippen molar-refractivity contribution in [3.05, 3.63) is 29.3 Å². The van der Waals surface area contributed by atoms with Gasteiger partial charge in [0.1, 0.15) is 0 Å². The van der Waals surface area contributed by atoms with Crippen LogP contribution in [0.3, 0.4) is 0 Å². The van der Waals surface area contributed by atoms with Gasteiger partial charge < -0.3 is 15.7 Å². The number of halogens is 2. The van der Waals surface area contributed by atoms with E-state index in [4.69, 9.17) is 5.11 Å². The Morgan fingerprint density at radius 3 is 2.32 bits per heavy atom. The van der Waals surface area contributed by atoms with E-state index < -0.39 is 41.5 Å². The molecule has 102 valence electrons. The van der Waals surface area contributed by atoms with Crippen molar-refractivity contribution < 1.29 is 28.3 Å². The number of carboxylic acid groups (broad SMARTS) is 1. The van der Waals surface area contributed by atoms with Gasteiger partial charge in [0.25, 0.3) is 0 Å². The Balaban J connectivity index is 2.93. The summed E-state index contributed by atoms with van der Waals surface area (Å²) in [5.41, 5.74) is -0.975. The minimum Gasteiger partial charge on any atom is -0.478 e. The lowest BCUT2D eigenvalue weighted by molar-refractivity contribution is -0.122. The number of carboxylic acids is 1. The fourth-order valence-corrected chi connectivity index (χ4v) is 1.23. The second-order valence-corrected chi connectivity index (χ2v) is 3.57. The maximum Gasteiger partial charge on any atom is 0.337 e. The van der Waals surface area contributed by atoms with Gasteiger partial charge in [0.15, 0.2) is 11.6 Å². The molecule has 8 heteroatoms. The number of benzene rings is 1. The van der Waals surface area contributed by atoms with Crippen molar-refractivity contribution in [2.75, 3.05) is 11.9 Å². The molecule has 0 radical (unpaired) electrons. The highest BCUT2D eigenvalue weighted by molar-refractivity contribution is 6.01. The minimum absolute atomic E-state index is 0.387. The van der Waals surface area contributed by atoms with Gasteiger partial charge in [0.05, 0.1) is 17.8 Å². The maximum atomic E-state index is 13.0.